The lowest BCUT2D eigenvalue weighted by Gasteiger charge is -2.26. The number of rotatable bonds is 14. The third-order valence-corrected chi connectivity index (χ3v) is 11.9. The zero-order chi connectivity index (χ0) is 18.0. The third kappa shape index (κ3) is 7.81. The molecule has 7 nitrogen and oxygen atoms in total. The van der Waals surface area contributed by atoms with Gasteiger partial charge in [-0.15, -0.1) is 0 Å². The van der Waals surface area contributed by atoms with Crippen LogP contribution in [0.25, 0.3) is 0 Å². The van der Waals surface area contributed by atoms with Gasteiger partial charge in [0.1, 0.15) is 0 Å². The maximum Gasteiger partial charge on any atom is 0.500 e. The van der Waals surface area contributed by atoms with Gasteiger partial charge in [0.15, 0.2) is 0 Å². The van der Waals surface area contributed by atoms with Crippen LogP contribution in [0, 0.1) is 0 Å². The van der Waals surface area contributed by atoms with Crippen molar-refractivity contribution in [2.24, 2.45) is 0 Å². The molecule has 0 saturated carbocycles. The average Bonchev–Trinajstić information content (AvgIpc) is 2.56. The Hall–Kier alpha value is 0.301. The molecular weight excluding hydrogens is 359 g/mol. The molecule has 0 radical (unpaired) electrons. The Morgan fingerprint density at radius 3 is 1.09 bits per heavy atom. The van der Waals surface area contributed by atoms with E-state index in [1.807, 2.05) is 0 Å². The molecule has 0 heterocycles. The molecule has 0 spiro atoms. The molecule has 0 saturated heterocycles. The molecular formula is C12H31FO7Si3. The summed E-state index contributed by atoms with van der Waals surface area (Å²) in [5.41, 5.74) is 0. The monoisotopic (exact) mass is 390 g/mol. The van der Waals surface area contributed by atoms with Crippen LogP contribution in [0.1, 0.15) is 12.8 Å². The van der Waals surface area contributed by atoms with Gasteiger partial charge in [-0.25, -0.2) is 0 Å². The summed E-state index contributed by atoms with van der Waals surface area (Å²) in [5, 5.41) is 0. The first-order valence-corrected chi connectivity index (χ1v) is 13.6. The van der Waals surface area contributed by atoms with Crippen molar-refractivity contribution in [1.29, 1.82) is 0 Å². The van der Waals surface area contributed by atoms with Crippen molar-refractivity contribution in [2.75, 3.05) is 42.7 Å². The number of halogens is 1. The average molecular weight is 391 g/mol. The van der Waals surface area contributed by atoms with E-state index in [0.29, 0.717) is 24.9 Å². The standard InChI is InChI=1S/C12H31FO7Si3/c1-15-22(16-2,17-3)11-7-9-21(13,14)10-8-12-23(18-4,19-5)20-6/h14H,7-12H2,1-6H3. The fourth-order valence-corrected chi connectivity index (χ4v) is 8.23. The Balaban J connectivity index is 4.29. The zero-order valence-electron chi connectivity index (χ0n) is 15.0. The molecule has 140 valence electrons. The molecule has 23 heavy (non-hydrogen) atoms. The van der Waals surface area contributed by atoms with Gasteiger partial charge in [0.2, 0.25) is 0 Å². The summed E-state index contributed by atoms with van der Waals surface area (Å²) in [7, 11) is -0.0774. The molecule has 0 unspecified atom stereocenters. The Morgan fingerprint density at radius 2 is 0.870 bits per heavy atom. The Labute approximate surface area is 142 Å². The maximum atomic E-state index is 14.3. The minimum atomic E-state index is -3.77. The molecule has 0 amide bonds. The largest absolute Gasteiger partial charge is 0.500 e. The first-order valence-electron chi connectivity index (χ1n) is 7.50. The summed E-state index contributed by atoms with van der Waals surface area (Å²) < 4.78 is 46.0. The Bertz CT molecular complexity index is 271. The number of hydrogen-bond donors (Lipinski definition) is 1. The predicted octanol–water partition coefficient (Wildman–Crippen LogP) is 1.93. The van der Waals surface area contributed by atoms with E-state index in [9.17, 15) is 8.90 Å². The van der Waals surface area contributed by atoms with E-state index >= 15 is 0 Å². The van der Waals surface area contributed by atoms with Crippen molar-refractivity contribution in [3.8, 4) is 0 Å². The van der Waals surface area contributed by atoms with E-state index < -0.39 is 26.3 Å². The van der Waals surface area contributed by atoms with E-state index in [1.54, 1.807) is 0 Å². The topological polar surface area (TPSA) is 75.6 Å². The lowest BCUT2D eigenvalue weighted by atomic mass is 10.6. The van der Waals surface area contributed by atoms with Crippen LogP contribution < -0.4 is 0 Å². The summed E-state index contributed by atoms with van der Waals surface area (Å²) in [5.74, 6) is 0. The van der Waals surface area contributed by atoms with Gasteiger partial charge in [-0.3, -0.25) is 4.11 Å². The fraction of sp³-hybridized carbons (Fsp3) is 1.00. The lowest BCUT2D eigenvalue weighted by molar-refractivity contribution is 0.123. The summed E-state index contributed by atoms with van der Waals surface area (Å²) in [6.07, 6.45) is 0.921. The van der Waals surface area contributed by atoms with Crippen LogP contribution in [0.15, 0.2) is 0 Å². The van der Waals surface area contributed by atoms with Crippen LogP contribution >= 0.6 is 0 Å². The first-order chi connectivity index (χ1) is 10.8. The molecule has 0 aliphatic heterocycles. The second-order valence-corrected chi connectivity index (χ2v) is 14.2. The fourth-order valence-electron chi connectivity index (χ4n) is 2.39. The van der Waals surface area contributed by atoms with Gasteiger partial charge in [-0.05, 0) is 24.9 Å². The van der Waals surface area contributed by atoms with Crippen molar-refractivity contribution in [1.82, 2.24) is 0 Å². The molecule has 0 bridgehead atoms. The second-order valence-electron chi connectivity index (χ2n) is 5.22. The SMILES string of the molecule is CO[Si](CCC[Si](O)(F)CCC[Si](OC)(OC)OC)(OC)OC. The highest BCUT2D eigenvalue weighted by Crippen LogP contribution is 2.26. The van der Waals surface area contributed by atoms with Crippen LogP contribution in [0.5, 0.6) is 0 Å². The van der Waals surface area contributed by atoms with Gasteiger partial charge in [0.25, 0.3) is 0 Å². The highest BCUT2D eigenvalue weighted by Gasteiger charge is 2.41. The predicted molar refractivity (Wildman–Crippen MR) is 91.1 cm³/mol. The molecule has 0 atom stereocenters. The summed E-state index contributed by atoms with van der Waals surface area (Å²) in [4.78, 5) is 10.0. The third-order valence-electron chi connectivity index (χ3n) is 3.95. The highest BCUT2D eigenvalue weighted by atomic mass is 28.4. The summed E-state index contributed by atoms with van der Waals surface area (Å²) >= 11 is 0. The molecule has 11 heteroatoms. The van der Waals surface area contributed by atoms with Crippen molar-refractivity contribution < 1.29 is 35.5 Å². The molecule has 0 aliphatic rings. The summed E-state index contributed by atoms with van der Waals surface area (Å²) in [6.45, 7) is 0. The molecule has 0 fully saturated rings. The van der Waals surface area contributed by atoms with Gasteiger partial charge in [0.05, 0.1) is 0 Å². The normalized spacial score (nSPS) is 13.6. The van der Waals surface area contributed by atoms with Gasteiger partial charge in [-0.1, -0.05) is 0 Å². The van der Waals surface area contributed by atoms with Gasteiger partial charge >= 0.3 is 26.3 Å². The molecule has 0 aromatic carbocycles. The van der Waals surface area contributed by atoms with E-state index in [4.69, 9.17) is 26.6 Å². The zero-order valence-corrected chi connectivity index (χ0v) is 18.0. The quantitative estimate of drug-likeness (QED) is 0.359. The lowest BCUT2D eigenvalue weighted by Crippen LogP contribution is -2.43. The Morgan fingerprint density at radius 1 is 0.609 bits per heavy atom. The van der Waals surface area contributed by atoms with Crippen molar-refractivity contribution in [3.63, 3.8) is 0 Å². The van der Waals surface area contributed by atoms with Crippen molar-refractivity contribution in [3.05, 3.63) is 0 Å². The van der Waals surface area contributed by atoms with Crippen LogP contribution in [0.2, 0.25) is 24.2 Å². The van der Waals surface area contributed by atoms with E-state index in [-0.39, 0.29) is 12.1 Å². The van der Waals surface area contributed by atoms with Crippen molar-refractivity contribution >= 4 is 26.3 Å². The molecule has 0 aliphatic carbocycles. The van der Waals surface area contributed by atoms with Gasteiger partial charge < -0.3 is 31.4 Å². The molecule has 1 N–H and O–H groups in total. The first kappa shape index (κ1) is 23.3. The number of hydrogen-bond acceptors (Lipinski definition) is 7. The summed E-state index contributed by atoms with van der Waals surface area (Å²) in [6, 6.07) is 1.20. The van der Waals surface area contributed by atoms with Gasteiger partial charge in [-0.2, -0.15) is 0 Å². The minimum Gasteiger partial charge on any atom is -0.408 e. The smallest absolute Gasteiger partial charge is 0.408 e. The van der Waals surface area contributed by atoms with Crippen LogP contribution in [0.3, 0.4) is 0 Å². The van der Waals surface area contributed by atoms with Crippen LogP contribution in [-0.2, 0) is 26.6 Å². The minimum absolute atomic E-state index is 0.124. The van der Waals surface area contributed by atoms with E-state index in [2.05, 4.69) is 0 Å². The van der Waals surface area contributed by atoms with Crippen molar-refractivity contribution in [2.45, 2.75) is 37.0 Å². The van der Waals surface area contributed by atoms with Crippen LogP contribution in [0.4, 0.5) is 4.11 Å². The van der Waals surface area contributed by atoms with Gasteiger partial charge in [0, 0.05) is 54.7 Å². The Kier molecular flexibility index (Phi) is 11.2. The molecule has 0 rings (SSSR count). The van der Waals surface area contributed by atoms with E-state index in [1.165, 1.54) is 42.7 Å². The van der Waals surface area contributed by atoms with Crippen LogP contribution in [-0.4, -0.2) is 73.7 Å². The van der Waals surface area contributed by atoms with E-state index in [0.717, 1.165) is 0 Å². The highest BCUT2D eigenvalue weighted by molar-refractivity contribution is 6.66. The molecule has 0 aromatic rings. The molecule has 0 aromatic heterocycles. The maximum absolute atomic E-state index is 14.3. The second kappa shape index (κ2) is 11.0.